The first kappa shape index (κ1) is 21.4. The summed E-state index contributed by atoms with van der Waals surface area (Å²) in [5, 5.41) is 11.0. The molecule has 0 saturated heterocycles. The van der Waals surface area contributed by atoms with Gasteiger partial charge in [0, 0.05) is 24.4 Å². The highest BCUT2D eigenvalue weighted by Gasteiger charge is 2.28. The Morgan fingerprint density at radius 2 is 1.58 bits per heavy atom. The molecule has 2 saturated carbocycles. The van der Waals surface area contributed by atoms with Crippen molar-refractivity contribution in [1.29, 1.82) is 0 Å². The Bertz CT molecular complexity index is 1060. The van der Waals surface area contributed by atoms with Gasteiger partial charge in [0.25, 0.3) is 5.56 Å². The van der Waals surface area contributed by atoms with Crippen molar-refractivity contribution in [2.24, 2.45) is 4.99 Å². The van der Waals surface area contributed by atoms with Crippen molar-refractivity contribution < 1.29 is 9.84 Å². The van der Waals surface area contributed by atoms with Gasteiger partial charge in [-0.15, -0.1) is 0 Å². The van der Waals surface area contributed by atoms with E-state index in [9.17, 15) is 14.7 Å². The van der Waals surface area contributed by atoms with E-state index in [1.807, 2.05) is 12.1 Å². The first-order valence-corrected chi connectivity index (χ1v) is 11.4. The van der Waals surface area contributed by atoms with Crippen LogP contribution in [0.2, 0.25) is 0 Å². The average Bonchev–Trinajstić information content (AvgIpc) is 2.80. The second-order valence-electron chi connectivity index (χ2n) is 8.61. The number of benzene rings is 1. The molecule has 0 bridgehead atoms. The first-order valence-electron chi connectivity index (χ1n) is 11.4. The van der Waals surface area contributed by atoms with Gasteiger partial charge in [-0.05, 0) is 37.8 Å². The normalized spacial score (nSPS) is 18.5. The van der Waals surface area contributed by atoms with Crippen LogP contribution < -0.4 is 16.0 Å². The fourth-order valence-corrected chi connectivity index (χ4v) is 4.92. The largest absolute Gasteiger partial charge is 0.497 e. The molecule has 2 aliphatic rings. The number of hydrogen-bond acceptors (Lipinski definition) is 5. The third-order valence-corrected chi connectivity index (χ3v) is 6.61. The molecule has 4 rings (SSSR count). The molecular weight excluding hydrogens is 394 g/mol. The van der Waals surface area contributed by atoms with Gasteiger partial charge in [-0.3, -0.25) is 18.9 Å². The molecular formula is C24H31N3O4. The molecule has 1 N–H and O–H groups in total. The molecule has 0 radical (unpaired) electrons. The van der Waals surface area contributed by atoms with Crippen molar-refractivity contribution in [2.75, 3.05) is 7.11 Å². The van der Waals surface area contributed by atoms with Crippen LogP contribution in [0, 0.1) is 0 Å². The summed E-state index contributed by atoms with van der Waals surface area (Å²) in [7, 11) is 1.58. The van der Waals surface area contributed by atoms with Crippen LogP contribution in [0.4, 0.5) is 5.69 Å². The molecule has 1 aromatic heterocycles. The van der Waals surface area contributed by atoms with E-state index < -0.39 is 5.56 Å². The Hall–Kier alpha value is -2.83. The number of hydrogen-bond donors (Lipinski definition) is 1. The van der Waals surface area contributed by atoms with Crippen LogP contribution in [0.5, 0.6) is 11.6 Å². The number of methoxy groups -OCH3 is 1. The lowest BCUT2D eigenvalue weighted by Gasteiger charge is -2.29. The van der Waals surface area contributed by atoms with E-state index in [0.717, 1.165) is 64.2 Å². The number of aliphatic imine (C=N–C) groups is 1. The third-order valence-electron chi connectivity index (χ3n) is 6.61. The molecule has 0 aliphatic heterocycles. The van der Waals surface area contributed by atoms with E-state index >= 15 is 0 Å². The summed E-state index contributed by atoms with van der Waals surface area (Å²) in [6.07, 6.45) is 11.0. The lowest BCUT2D eigenvalue weighted by atomic mass is 9.94. The molecule has 2 aromatic rings. The van der Waals surface area contributed by atoms with Crippen LogP contribution in [-0.2, 0) is 0 Å². The van der Waals surface area contributed by atoms with E-state index in [1.165, 1.54) is 15.3 Å². The third kappa shape index (κ3) is 4.45. The number of aromatic hydroxyl groups is 1. The highest BCUT2D eigenvalue weighted by atomic mass is 16.5. The van der Waals surface area contributed by atoms with E-state index in [1.54, 1.807) is 19.2 Å². The second kappa shape index (κ2) is 9.54. The zero-order valence-electron chi connectivity index (χ0n) is 18.1. The number of ether oxygens (including phenoxy) is 1. The molecule has 0 spiro atoms. The number of nitrogens with zero attached hydrogens (tertiary/aromatic N) is 3. The Balaban J connectivity index is 1.83. The summed E-state index contributed by atoms with van der Waals surface area (Å²) in [5.74, 6) is 0.395. The van der Waals surface area contributed by atoms with Gasteiger partial charge in [0.05, 0.1) is 12.8 Å². The zero-order chi connectivity index (χ0) is 21.8. The fourth-order valence-electron chi connectivity index (χ4n) is 4.92. The van der Waals surface area contributed by atoms with Crippen LogP contribution >= 0.6 is 0 Å². The van der Waals surface area contributed by atoms with Crippen molar-refractivity contribution in [3.63, 3.8) is 0 Å². The van der Waals surface area contributed by atoms with Crippen molar-refractivity contribution in [3.8, 4) is 11.6 Å². The molecule has 0 unspecified atom stereocenters. The summed E-state index contributed by atoms with van der Waals surface area (Å²) < 4.78 is 8.08. The molecule has 1 aromatic carbocycles. The predicted octanol–water partition coefficient (Wildman–Crippen LogP) is 4.49. The smallest absolute Gasteiger partial charge is 0.334 e. The molecule has 0 amide bonds. The molecule has 7 heteroatoms. The number of rotatable bonds is 5. The quantitative estimate of drug-likeness (QED) is 0.716. The minimum atomic E-state index is -0.451. The Labute approximate surface area is 182 Å². The van der Waals surface area contributed by atoms with E-state index in [4.69, 9.17) is 4.74 Å². The topological polar surface area (TPSA) is 85.8 Å². The Kier molecular flexibility index (Phi) is 6.59. The summed E-state index contributed by atoms with van der Waals surface area (Å²) in [5.41, 5.74) is -0.135. The van der Waals surface area contributed by atoms with E-state index in [0.29, 0.717) is 11.4 Å². The van der Waals surface area contributed by atoms with Crippen LogP contribution in [0.1, 0.15) is 81.9 Å². The monoisotopic (exact) mass is 425 g/mol. The molecule has 166 valence electrons. The highest BCUT2D eigenvalue weighted by molar-refractivity contribution is 5.84. The van der Waals surface area contributed by atoms with Crippen molar-refractivity contribution in [3.05, 3.63) is 50.7 Å². The second-order valence-corrected chi connectivity index (χ2v) is 8.61. The van der Waals surface area contributed by atoms with Crippen LogP contribution in [0.25, 0.3) is 0 Å². The van der Waals surface area contributed by atoms with Crippen molar-refractivity contribution in [1.82, 2.24) is 9.13 Å². The molecule has 0 atom stereocenters. The van der Waals surface area contributed by atoms with Crippen molar-refractivity contribution >= 4 is 11.9 Å². The average molecular weight is 426 g/mol. The van der Waals surface area contributed by atoms with Gasteiger partial charge in [-0.2, -0.15) is 0 Å². The SMILES string of the molecule is COc1cccc(N=Cc2c(O)n(C3CCCCC3)c(=O)n(C3CCCCC3)c2=O)c1. The summed E-state index contributed by atoms with van der Waals surface area (Å²) in [6, 6.07) is 6.98. The van der Waals surface area contributed by atoms with Gasteiger partial charge < -0.3 is 9.84 Å². The standard InChI is InChI=1S/C24H31N3O4/c1-31-20-14-8-9-17(15-20)25-16-21-22(28)26(18-10-4-2-5-11-18)24(30)27(23(21)29)19-12-6-3-7-13-19/h8-9,14-16,18-19,28H,2-7,10-13H2,1H3. The zero-order valence-corrected chi connectivity index (χ0v) is 18.1. The van der Waals surface area contributed by atoms with Crippen LogP contribution in [0.3, 0.4) is 0 Å². The summed E-state index contributed by atoms with van der Waals surface area (Å²) >= 11 is 0. The Morgan fingerprint density at radius 1 is 0.968 bits per heavy atom. The first-order chi connectivity index (χ1) is 15.1. The van der Waals surface area contributed by atoms with E-state index in [-0.39, 0.29) is 29.2 Å². The molecule has 31 heavy (non-hydrogen) atoms. The fraction of sp³-hybridized carbons (Fsp3) is 0.542. The van der Waals surface area contributed by atoms with Gasteiger partial charge >= 0.3 is 5.69 Å². The maximum atomic E-state index is 13.4. The number of aromatic nitrogens is 2. The van der Waals surface area contributed by atoms with Gasteiger partial charge in [0.15, 0.2) is 0 Å². The van der Waals surface area contributed by atoms with E-state index in [2.05, 4.69) is 4.99 Å². The highest BCUT2D eigenvalue weighted by Crippen LogP contribution is 2.32. The maximum absolute atomic E-state index is 13.4. The maximum Gasteiger partial charge on any atom is 0.334 e. The van der Waals surface area contributed by atoms with Gasteiger partial charge in [0.2, 0.25) is 5.88 Å². The minimum Gasteiger partial charge on any atom is -0.497 e. The molecule has 7 nitrogen and oxygen atoms in total. The Morgan fingerprint density at radius 3 is 2.19 bits per heavy atom. The lowest BCUT2D eigenvalue weighted by Crippen LogP contribution is -2.45. The van der Waals surface area contributed by atoms with Gasteiger partial charge in [-0.1, -0.05) is 44.6 Å². The van der Waals surface area contributed by atoms with Crippen LogP contribution in [-0.4, -0.2) is 27.6 Å². The lowest BCUT2D eigenvalue weighted by molar-refractivity contribution is 0.271. The van der Waals surface area contributed by atoms with Gasteiger partial charge in [0.1, 0.15) is 11.3 Å². The van der Waals surface area contributed by atoms with Crippen molar-refractivity contribution in [2.45, 2.75) is 76.3 Å². The minimum absolute atomic E-state index is 0.0820. The molecule has 2 fully saturated rings. The van der Waals surface area contributed by atoms with Crippen LogP contribution in [0.15, 0.2) is 38.8 Å². The van der Waals surface area contributed by atoms with Gasteiger partial charge in [-0.25, -0.2) is 4.79 Å². The molecule has 2 aliphatic carbocycles. The summed E-state index contributed by atoms with van der Waals surface area (Å²) in [6.45, 7) is 0. The molecule has 1 heterocycles. The predicted molar refractivity (Wildman–Crippen MR) is 121 cm³/mol. The summed E-state index contributed by atoms with van der Waals surface area (Å²) in [4.78, 5) is 31.2.